The van der Waals surface area contributed by atoms with Crippen LogP contribution in [0.5, 0.6) is 0 Å². The highest BCUT2D eigenvalue weighted by molar-refractivity contribution is 7.89. The number of hydrogen-bond acceptors (Lipinski definition) is 5. The molecule has 7 nitrogen and oxygen atoms in total. The van der Waals surface area contributed by atoms with Gasteiger partial charge in [0.15, 0.2) is 17.6 Å². The zero-order valence-electron chi connectivity index (χ0n) is 17.8. The maximum absolute atomic E-state index is 13.4. The van der Waals surface area contributed by atoms with E-state index in [4.69, 9.17) is 0 Å². The van der Waals surface area contributed by atoms with Crippen molar-refractivity contribution in [1.82, 2.24) is 4.31 Å². The van der Waals surface area contributed by atoms with Gasteiger partial charge in [0.25, 0.3) is 0 Å². The monoisotopic (exact) mass is 502 g/mol. The number of nitrogens with one attached hydrogen (secondary N) is 1. The summed E-state index contributed by atoms with van der Waals surface area (Å²) < 4.78 is 67.1. The van der Waals surface area contributed by atoms with Crippen molar-refractivity contribution in [2.75, 3.05) is 11.9 Å². The van der Waals surface area contributed by atoms with Crippen molar-refractivity contribution in [3.8, 4) is 0 Å². The van der Waals surface area contributed by atoms with Crippen LogP contribution in [-0.4, -0.2) is 42.8 Å². The molecule has 11 heteroatoms. The van der Waals surface area contributed by atoms with E-state index in [1.807, 2.05) is 0 Å². The Morgan fingerprint density at radius 3 is 2.17 bits per heavy atom. The van der Waals surface area contributed by atoms with Crippen molar-refractivity contribution >= 4 is 33.2 Å². The molecular weight excluding hydrogens is 485 g/mol. The predicted molar refractivity (Wildman–Crippen MR) is 119 cm³/mol. The summed E-state index contributed by atoms with van der Waals surface area (Å²) >= 11 is 0. The number of carbonyl (C=O) groups excluding carboxylic acids is 3. The van der Waals surface area contributed by atoms with E-state index in [0.29, 0.717) is 4.31 Å². The second kappa shape index (κ2) is 9.08. The molecule has 3 aromatic carbocycles. The van der Waals surface area contributed by atoms with E-state index < -0.39 is 62.4 Å². The standard InChI is InChI=1S/C24H17F3N2O5S/c25-24(26,27)17-11-5-6-12-18(17)28-20(30)14-29-21(22(31)15-8-2-1-3-9-15)23(32)16-10-4-7-13-19(16)35(29,33)34/h1-13,21H,14H2,(H,28,30). The van der Waals surface area contributed by atoms with Gasteiger partial charge >= 0.3 is 6.18 Å². The molecule has 1 unspecified atom stereocenters. The summed E-state index contributed by atoms with van der Waals surface area (Å²) in [6.07, 6.45) is -4.78. The highest BCUT2D eigenvalue weighted by Gasteiger charge is 2.48. The zero-order chi connectivity index (χ0) is 25.4. The van der Waals surface area contributed by atoms with Crippen molar-refractivity contribution in [2.45, 2.75) is 17.1 Å². The van der Waals surface area contributed by atoms with Crippen LogP contribution in [-0.2, 0) is 21.0 Å². The van der Waals surface area contributed by atoms with Gasteiger partial charge in [0.05, 0.1) is 22.7 Å². The molecule has 0 fully saturated rings. The molecule has 0 aliphatic carbocycles. The number of alkyl halides is 3. The molecule has 1 aliphatic heterocycles. The molecule has 1 heterocycles. The Hall–Kier alpha value is -3.83. The van der Waals surface area contributed by atoms with Crippen LogP contribution in [0.4, 0.5) is 18.9 Å². The van der Waals surface area contributed by atoms with Crippen molar-refractivity contribution < 1.29 is 36.0 Å². The molecule has 4 rings (SSSR count). The van der Waals surface area contributed by atoms with Crippen LogP contribution >= 0.6 is 0 Å². The smallest absolute Gasteiger partial charge is 0.324 e. The number of nitrogens with zero attached hydrogens (tertiary/aromatic N) is 1. The fraction of sp³-hybridized carbons (Fsp3) is 0.125. The molecule has 0 aromatic heterocycles. The first-order valence-electron chi connectivity index (χ1n) is 10.2. The molecule has 1 atom stereocenters. The molecule has 1 aliphatic rings. The average molecular weight is 502 g/mol. The molecule has 0 radical (unpaired) electrons. The number of carbonyl (C=O) groups is 3. The highest BCUT2D eigenvalue weighted by atomic mass is 32.2. The third kappa shape index (κ3) is 4.60. The van der Waals surface area contributed by atoms with E-state index in [1.54, 1.807) is 6.07 Å². The van der Waals surface area contributed by atoms with Crippen LogP contribution in [0.3, 0.4) is 0 Å². The summed E-state index contributed by atoms with van der Waals surface area (Å²) in [5.41, 5.74) is -1.89. The lowest BCUT2D eigenvalue weighted by Gasteiger charge is -2.33. The molecule has 0 saturated carbocycles. The molecule has 1 amide bonds. The summed E-state index contributed by atoms with van der Waals surface area (Å²) in [6, 6.07) is 15.0. The van der Waals surface area contributed by atoms with Crippen LogP contribution in [0.25, 0.3) is 0 Å². The molecular formula is C24H17F3N2O5S. The first-order valence-corrected chi connectivity index (χ1v) is 11.7. The second-order valence-electron chi connectivity index (χ2n) is 7.64. The Morgan fingerprint density at radius 1 is 0.886 bits per heavy atom. The quantitative estimate of drug-likeness (QED) is 0.423. The minimum atomic E-state index is -4.78. The number of anilines is 1. The highest BCUT2D eigenvalue weighted by Crippen LogP contribution is 2.35. The molecule has 0 saturated heterocycles. The molecule has 180 valence electrons. The van der Waals surface area contributed by atoms with Crippen LogP contribution < -0.4 is 5.32 Å². The Morgan fingerprint density at radius 2 is 1.49 bits per heavy atom. The number of sulfonamides is 1. The third-order valence-electron chi connectivity index (χ3n) is 5.39. The average Bonchev–Trinajstić information content (AvgIpc) is 2.83. The van der Waals surface area contributed by atoms with E-state index in [-0.39, 0.29) is 11.1 Å². The van der Waals surface area contributed by atoms with Gasteiger partial charge in [0.1, 0.15) is 0 Å². The number of amides is 1. The van der Waals surface area contributed by atoms with Crippen LogP contribution in [0, 0.1) is 0 Å². The van der Waals surface area contributed by atoms with Crippen molar-refractivity contribution in [3.63, 3.8) is 0 Å². The van der Waals surface area contributed by atoms with Gasteiger partial charge in [-0.15, -0.1) is 0 Å². The normalized spacial score (nSPS) is 17.5. The van der Waals surface area contributed by atoms with Gasteiger partial charge in [-0.2, -0.15) is 17.5 Å². The number of para-hydroxylation sites is 1. The second-order valence-corrected chi connectivity index (χ2v) is 9.49. The third-order valence-corrected chi connectivity index (χ3v) is 7.26. The minimum Gasteiger partial charge on any atom is -0.324 e. The van der Waals surface area contributed by atoms with Crippen LogP contribution in [0.1, 0.15) is 26.3 Å². The van der Waals surface area contributed by atoms with Gasteiger partial charge in [-0.3, -0.25) is 14.4 Å². The maximum Gasteiger partial charge on any atom is 0.418 e. The number of ketones is 2. The first-order chi connectivity index (χ1) is 16.5. The zero-order valence-corrected chi connectivity index (χ0v) is 18.6. The number of Topliss-reactive ketones (excluding diaryl/α,β-unsaturated/α-hetero) is 2. The number of halogens is 3. The van der Waals surface area contributed by atoms with Crippen LogP contribution in [0.2, 0.25) is 0 Å². The molecule has 0 spiro atoms. The Labute approximate surface area is 198 Å². The molecule has 1 N–H and O–H groups in total. The molecule has 3 aromatic rings. The topological polar surface area (TPSA) is 101 Å². The van der Waals surface area contributed by atoms with Gasteiger partial charge in [-0.05, 0) is 24.3 Å². The lowest BCUT2D eigenvalue weighted by Crippen LogP contribution is -2.55. The van der Waals surface area contributed by atoms with Gasteiger partial charge < -0.3 is 5.32 Å². The Bertz CT molecular complexity index is 1420. The van der Waals surface area contributed by atoms with Gasteiger partial charge in [-0.25, -0.2) is 8.42 Å². The van der Waals surface area contributed by atoms with Crippen molar-refractivity contribution in [3.05, 3.63) is 95.6 Å². The lowest BCUT2D eigenvalue weighted by atomic mass is 9.96. The van der Waals surface area contributed by atoms with Crippen molar-refractivity contribution in [2.24, 2.45) is 0 Å². The van der Waals surface area contributed by atoms with E-state index >= 15 is 0 Å². The maximum atomic E-state index is 13.4. The summed E-state index contributed by atoms with van der Waals surface area (Å²) in [6.45, 7) is -1.06. The van der Waals surface area contributed by atoms with Gasteiger partial charge in [0, 0.05) is 11.1 Å². The van der Waals surface area contributed by atoms with Crippen molar-refractivity contribution in [1.29, 1.82) is 0 Å². The molecule has 0 bridgehead atoms. The molecule has 35 heavy (non-hydrogen) atoms. The lowest BCUT2D eigenvalue weighted by molar-refractivity contribution is -0.137. The predicted octanol–water partition coefficient (Wildman–Crippen LogP) is 3.78. The number of rotatable bonds is 5. The van der Waals surface area contributed by atoms with Gasteiger partial charge in [0.2, 0.25) is 15.9 Å². The van der Waals surface area contributed by atoms with Crippen LogP contribution in [0.15, 0.2) is 83.8 Å². The number of hydrogen-bond donors (Lipinski definition) is 1. The van der Waals surface area contributed by atoms with E-state index in [1.165, 1.54) is 48.5 Å². The minimum absolute atomic E-state index is 0.0354. The number of fused-ring (bicyclic) bond motifs is 1. The fourth-order valence-electron chi connectivity index (χ4n) is 3.80. The fourth-order valence-corrected chi connectivity index (χ4v) is 5.50. The van der Waals surface area contributed by atoms with E-state index in [2.05, 4.69) is 5.32 Å². The number of benzene rings is 3. The van der Waals surface area contributed by atoms with E-state index in [9.17, 15) is 36.0 Å². The van der Waals surface area contributed by atoms with Gasteiger partial charge in [-0.1, -0.05) is 54.6 Å². The summed E-state index contributed by atoms with van der Waals surface area (Å²) in [5, 5.41) is 2.05. The summed E-state index contributed by atoms with van der Waals surface area (Å²) in [5.74, 6) is -2.85. The largest absolute Gasteiger partial charge is 0.418 e. The summed E-state index contributed by atoms with van der Waals surface area (Å²) in [4.78, 5) is 38.8. The SMILES string of the molecule is O=C(CN1C(C(=O)c2ccccc2)C(=O)c2ccccc2S1(=O)=O)Nc1ccccc1C(F)(F)F. The summed E-state index contributed by atoms with van der Waals surface area (Å²) in [7, 11) is -4.54. The first kappa shape index (κ1) is 24.3. The van der Waals surface area contributed by atoms with E-state index in [0.717, 1.165) is 24.3 Å². The Kier molecular flexibility index (Phi) is 6.30. The Balaban J connectivity index is 1.74.